The van der Waals surface area contributed by atoms with Crippen molar-refractivity contribution < 1.29 is 8.78 Å². The van der Waals surface area contributed by atoms with Gasteiger partial charge in [-0.2, -0.15) is 0 Å². The van der Waals surface area contributed by atoms with E-state index in [1.54, 1.807) is 0 Å². The van der Waals surface area contributed by atoms with Crippen molar-refractivity contribution in [3.63, 3.8) is 0 Å². The highest BCUT2D eigenvalue weighted by molar-refractivity contribution is 4.87. The van der Waals surface area contributed by atoms with Gasteiger partial charge in [0.15, 0.2) is 0 Å². The third-order valence-corrected chi connectivity index (χ3v) is 4.35. The molecule has 0 spiro atoms. The van der Waals surface area contributed by atoms with Gasteiger partial charge in [0, 0.05) is 18.9 Å². The fraction of sp³-hybridized carbons (Fsp3) is 1.00. The molecule has 0 atom stereocenters. The van der Waals surface area contributed by atoms with E-state index in [1.807, 2.05) is 0 Å². The zero-order chi connectivity index (χ0) is 11.8. The molecule has 1 aliphatic heterocycles. The Morgan fingerprint density at radius 1 is 0.938 bits per heavy atom. The van der Waals surface area contributed by atoms with E-state index in [9.17, 15) is 8.78 Å². The zero-order valence-electron chi connectivity index (χ0n) is 10.4. The lowest BCUT2D eigenvalue weighted by Gasteiger charge is -2.43. The van der Waals surface area contributed by atoms with Crippen molar-refractivity contribution in [2.24, 2.45) is 5.41 Å². The molecule has 2 aliphatic rings. The fourth-order valence-corrected chi connectivity index (χ4v) is 2.88. The van der Waals surface area contributed by atoms with Gasteiger partial charge in [-0.25, -0.2) is 8.78 Å². The molecule has 2 rings (SSSR count). The van der Waals surface area contributed by atoms with Crippen LogP contribution in [0.5, 0.6) is 0 Å². The van der Waals surface area contributed by atoms with Crippen molar-refractivity contribution in [3.05, 3.63) is 0 Å². The van der Waals surface area contributed by atoms with Gasteiger partial charge in [0.25, 0.3) is 0 Å². The number of hydrogen-bond donors (Lipinski definition) is 0. The molecule has 0 aromatic carbocycles. The zero-order valence-corrected chi connectivity index (χ0v) is 10.4. The molecule has 1 nitrogen and oxygen atoms in total. The summed E-state index contributed by atoms with van der Waals surface area (Å²) in [5.74, 6) is -2.38. The summed E-state index contributed by atoms with van der Waals surface area (Å²) in [7, 11) is 0. The molecular weight excluding hydrogens is 208 g/mol. The molecule has 2 fully saturated rings. The quantitative estimate of drug-likeness (QED) is 0.665. The van der Waals surface area contributed by atoms with E-state index >= 15 is 0 Å². The average Bonchev–Trinajstić information content (AvgIpc) is 2.19. The summed E-state index contributed by atoms with van der Waals surface area (Å²) in [5.41, 5.74) is 0.453. The van der Waals surface area contributed by atoms with Gasteiger partial charge in [0.1, 0.15) is 0 Å². The summed E-state index contributed by atoms with van der Waals surface area (Å²) in [6, 6.07) is 0.427. The van der Waals surface area contributed by atoms with E-state index in [4.69, 9.17) is 0 Å². The number of alkyl halides is 2. The van der Waals surface area contributed by atoms with E-state index in [-0.39, 0.29) is 12.8 Å². The molecule has 0 bridgehead atoms. The van der Waals surface area contributed by atoms with Gasteiger partial charge in [-0.15, -0.1) is 0 Å². The van der Waals surface area contributed by atoms with Gasteiger partial charge in [-0.05, 0) is 44.2 Å². The summed E-state index contributed by atoms with van der Waals surface area (Å²) >= 11 is 0. The summed E-state index contributed by atoms with van der Waals surface area (Å²) in [4.78, 5) is 2.44. The minimum absolute atomic E-state index is 0.0948. The maximum Gasteiger partial charge on any atom is 0.248 e. The molecule has 94 valence electrons. The first-order chi connectivity index (χ1) is 7.38. The van der Waals surface area contributed by atoms with E-state index < -0.39 is 5.92 Å². The maximum absolute atomic E-state index is 13.0. The summed E-state index contributed by atoms with van der Waals surface area (Å²) in [5, 5.41) is 0. The van der Waals surface area contributed by atoms with Crippen LogP contribution in [0.25, 0.3) is 0 Å². The van der Waals surface area contributed by atoms with Crippen molar-refractivity contribution in [1.29, 1.82) is 0 Å². The molecule has 0 unspecified atom stereocenters. The standard InChI is InChI=1S/C13H23F2N/c1-12(2)7-9-16(10-8-12)11-3-5-13(14,15)6-4-11/h11H,3-10H2,1-2H3. The minimum Gasteiger partial charge on any atom is -0.300 e. The van der Waals surface area contributed by atoms with Crippen molar-refractivity contribution in [2.75, 3.05) is 13.1 Å². The number of halogens is 2. The number of rotatable bonds is 1. The van der Waals surface area contributed by atoms with Crippen LogP contribution in [0.1, 0.15) is 52.4 Å². The third kappa shape index (κ3) is 2.93. The summed E-state index contributed by atoms with van der Waals surface area (Å²) in [6.07, 6.45) is 3.98. The second-order valence-electron chi connectivity index (χ2n) is 6.29. The largest absolute Gasteiger partial charge is 0.300 e. The second kappa shape index (κ2) is 4.25. The molecule has 1 saturated carbocycles. The molecule has 16 heavy (non-hydrogen) atoms. The lowest BCUT2D eigenvalue weighted by molar-refractivity contribution is -0.0587. The number of nitrogens with zero attached hydrogens (tertiary/aromatic N) is 1. The van der Waals surface area contributed by atoms with Crippen LogP contribution in [0.2, 0.25) is 0 Å². The maximum atomic E-state index is 13.0. The first kappa shape index (κ1) is 12.3. The molecule has 0 aromatic heterocycles. The first-order valence-electron chi connectivity index (χ1n) is 6.50. The van der Waals surface area contributed by atoms with Gasteiger partial charge in [0.05, 0.1) is 0 Å². The van der Waals surface area contributed by atoms with Crippen molar-refractivity contribution >= 4 is 0 Å². The van der Waals surface area contributed by atoms with Crippen molar-refractivity contribution in [2.45, 2.75) is 64.3 Å². The van der Waals surface area contributed by atoms with Crippen LogP contribution in [0.3, 0.4) is 0 Å². The van der Waals surface area contributed by atoms with Crippen LogP contribution in [-0.4, -0.2) is 30.0 Å². The number of piperidine rings is 1. The predicted molar refractivity (Wildman–Crippen MR) is 61.8 cm³/mol. The Balaban J connectivity index is 1.82. The molecule has 3 heteroatoms. The molecule has 0 radical (unpaired) electrons. The Labute approximate surface area is 97.2 Å². The SMILES string of the molecule is CC1(C)CCN(C2CCC(F)(F)CC2)CC1. The van der Waals surface area contributed by atoms with Crippen LogP contribution in [0, 0.1) is 5.41 Å². The van der Waals surface area contributed by atoms with Gasteiger partial charge in [0.2, 0.25) is 5.92 Å². The minimum atomic E-state index is -2.38. The Bertz CT molecular complexity index is 204. The van der Waals surface area contributed by atoms with E-state index in [1.165, 1.54) is 12.8 Å². The van der Waals surface area contributed by atoms with Gasteiger partial charge >= 0.3 is 0 Å². The molecule has 1 aliphatic carbocycles. The van der Waals surface area contributed by atoms with Crippen LogP contribution >= 0.6 is 0 Å². The Hall–Kier alpha value is -0.180. The highest BCUT2D eigenvalue weighted by atomic mass is 19.3. The second-order valence-corrected chi connectivity index (χ2v) is 6.29. The molecule has 0 N–H and O–H groups in total. The molecule has 1 heterocycles. The molecule has 0 amide bonds. The number of hydrogen-bond acceptors (Lipinski definition) is 1. The highest BCUT2D eigenvalue weighted by Crippen LogP contribution is 2.37. The predicted octanol–water partition coefficient (Wildman–Crippen LogP) is 3.69. The van der Waals surface area contributed by atoms with E-state index in [0.717, 1.165) is 13.1 Å². The lowest BCUT2D eigenvalue weighted by Crippen LogP contribution is -2.46. The molecular formula is C13H23F2N. The van der Waals surface area contributed by atoms with Gasteiger partial charge in [-0.3, -0.25) is 0 Å². The fourth-order valence-electron chi connectivity index (χ4n) is 2.88. The normalized spacial score (nSPS) is 31.5. The molecule has 1 saturated heterocycles. The molecule has 0 aromatic rings. The Morgan fingerprint density at radius 3 is 1.94 bits per heavy atom. The van der Waals surface area contributed by atoms with Crippen molar-refractivity contribution in [3.8, 4) is 0 Å². The van der Waals surface area contributed by atoms with E-state index in [2.05, 4.69) is 18.7 Å². The smallest absolute Gasteiger partial charge is 0.248 e. The monoisotopic (exact) mass is 231 g/mol. The van der Waals surface area contributed by atoms with Crippen LogP contribution < -0.4 is 0 Å². The first-order valence-corrected chi connectivity index (χ1v) is 6.50. The highest BCUT2D eigenvalue weighted by Gasteiger charge is 2.38. The van der Waals surface area contributed by atoms with Gasteiger partial charge < -0.3 is 4.90 Å². The van der Waals surface area contributed by atoms with E-state index in [0.29, 0.717) is 24.3 Å². The summed E-state index contributed by atoms with van der Waals surface area (Å²) in [6.45, 7) is 6.81. The Kier molecular flexibility index (Phi) is 3.26. The topological polar surface area (TPSA) is 3.24 Å². The van der Waals surface area contributed by atoms with Crippen LogP contribution in [0.15, 0.2) is 0 Å². The average molecular weight is 231 g/mol. The third-order valence-electron chi connectivity index (χ3n) is 4.35. The Morgan fingerprint density at radius 2 is 1.44 bits per heavy atom. The van der Waals surface area contributed by atoms with Gasteiger partial charge in [-0.1, -0.05) is 13.8 Å². The summed E-state index contributed by atoms with van der Waals surface area (Å²) < 4.78 is 26.1. The lowest BCUT2D eigenvalue weighted by atomic mass is 9.81. The number of likely N-dealkylation sites (tertiary alicyclic amines) is 1. The van der Waals surface area contributed by atoms with Crippen LogP contribution in [0.4, 0.5) is 8.78 Å². The van der Waals surface area contributed by atoms with Crippen LogP contribution in [-0.2, 0) is 0 Å². The van der Waals surface area contributed by atoms with Crippen molar-refractivity contribution in [1.82, 2.24) is 4.90 Å².